The Hall–Kier alpha value is -3.13. The minimum absolute atomic E-state index is 0.342. The third kappa shape index (κ3) is 7.36. The first kappa shape index (κ1) is 23.2. The molecule has 162 valence electrons. The highest BCUT2D eigenvalue weighted by molar-refractivity contribution is 5.83. The minimum Gasteiger partial charge on any atom is -0.497 e. The highest BCUT2D eigenvalue weighted by Crippen LogP contribution is 2.15. The lowest BCUT2D eigenvalue weighted by molar-refractivity contribution is -0.143. The van der Waals surface area contributed by atoms with Gasteiger partial charge in [0.05, 0.1) is 14.2 Å². The van der Waals surface area contributed by atoms with Gasteiger partial charge in [-0.05, 0) is 61.2 Å². The second-order valence-electron chi connectivity index (χ2n) is 6.87. The van der Waals surface area contributed by atoms with Gasteiger partial charge in [-0.3, -0.25) is 4.98 Å². The Morgan fingerprint density at radius 3 is 2.23 bits per heavy atom. The average molecular weight is 415 g/mol. The molecule has 0 fully saturated rings. The molecule has 0 spiro atoms. The van der Waals surface area contributed by atoms with Crippen LogP contribution in [0.3, 0.4) is 0 Å². The molecule has 0 aliphatic heterocycles. The van der Waals surface area contributed by atoms with Crippen LogP contribution < -0.4 is 15.8 Å². The molecular weight excluding hydrogens is 384 g/mol. The number of nitrogens with two attached hydrogens (primary N) is 1. The number of rotatable bonds is 11. The van der Waals surface area contributed by atoms with Crippen molar-refractivity contribution in [3.63, 3.8) is 0 Å². The predicted octanol–water partition coefficient (Wildman–Crippen LogP) is 2.47. The number of nitrogens with zero attached hydrogens (tertiary/aromatic N) is 2. The highest BCUT2D eigenvalue weighted by atomic mass is 16.5. The molecule has 0 saturated heterocycles. The summed E-state index contributed by atoms with van der Waals surface area (Å²) in [5.74, 6) is 0.281. The first-order valence-electron chi connectivity index (χ1n) is 9.92. The van der Waals surface area contributed by atoms with Gasteiger partial charge in [-0.2, -0.15) is 0 Å². The number of amides is 2. The van der Waals surface area contributed by atoms with Gasteiger partial charge in [-0.15, -0.1) is 0 Å². The van der Waals surface area contributed by atoms with Crippen molar-refractivity contribution in [1.29, 1.82) is 0 Å². The average Bonchev–Trinajstić information content (AvgIpc) is 2.78. The third-order valence-corrected chi connectivity index (χ3v) is 4.67. The zero-order chi connectivity index (χ0) is 21.8. The van der Waals surface area contributed by atoms with Gasteiger partial charge in [0.25, 0.3) is 0 Å². The van der Waals surface area contributed by atoms with Crippen molar-refractivity contribution >= 4 is 12.0 Å². The van der Waals surface area contributed by atoms with Crippen LogP contribution >= 0.6 is 0 Å². The van der Waals surface area contributed by atoms with E-state index in [9.17, 15) is 9.59 Å². The molecule has 3 N–H and O–H groups in total. The molecule has 8 nitrogen and oxygen atoms in total. The van der Waals surface area contributed by atoms with Gasteiger partial charge in [-0.25, -0.2) is 9.59 Å². The maximum absolute atomic E-state index is 13.1. The van der Waals surface area contributed by atoms with E-state index in [2.05, 4.69) is 10.3 Å². The Morgan fingerprint density at radius 1 is 1.03 bits per heavy atom. The molecule has 1 atom stereocenters. The van der Waals surface area contributed by atoms with E-state index in [0.29, 0.717) is 26.1 Å². The molecular formula is C22H30N4O4. The molecule has 0 bridgehead atoms. The van der Waals surface area contributed by atoms with Crippen molar-refractivity contribution < 1.29 is 19.1 Å². The number of esters is 1. The van der Waals surface area contributed by atoms with Crippen molar-refractivity contribution in [1.82, 2.24) is 15.2 Å². The number of carbonyl (C=O) groups excluding carboxylic acids is 2. The summed E-state index contributed by atoms with van der Waals surface area (Å²) >= 11 is 0. The molecule has 2 amide bonds. The topological polar surface area (TPSA) is 107 Å². The Morgan fingerprint density at radius 2 is 1.67 bits per heavy atom. The van der Waals surface area contributed by atoms with Crippen molar-refractivity contribution in [3.05, 3.63) is 59.9 Å². The van der Waals surface area contributed by atoms with Crippen LogP contribution in [-0.4, -0.2) is 48.7 Å². The summed E-state index contributed by atoms with van der Waals surface area (Å²) in [4.78, 5) is 30.9. The molecule has 0 unspecified atom stereocenters. The number of benzene rings is 1. The summed E-state index contributed by atoms with van der Waals surface area (Å²) in [5, 5.41) is 2.82. The number of hydrogen-bond acceptors (Lipinski definition) is 6. The van der Waals surface area contributed by atoms with E-state index in [1.54, 1.807) is 24.4 Å². The summed E-state index contributed by atoms with van der Waals surface area (Å²) in [5.41, 5.74) is 7.42. The zero-order valence-electron chi connectivity index (χ0n) is 17.5. The Bertz CT molecular complexity index is 783. The van der Waals surface area contributed by atoms with Gasteiger partial charge in [-0.1, -0.05) is 12.1 Å². The first-order chi connectivity index (χ1) is 14.6. The van der Waals surface area contributed by atoms with Gasteiger partial charge >= 0.3 is 12.0 Å². The SMILES string of the molecule is COC(=O)[C@H](CCCCN)NC(=O)N(Cc1ccncc1)Cc1ccc(OC)cc1. The molecule has 0 aliphatic rings. The quantitative estimate of drug-likeness (QED) is 0.432. The fraction of sp³-hybridized carbons (Fsp3) is 0.409. The van der Waals surface area contributed by atoms with Crippen LogP contribution in [0.5, 0.6) is 5.75 Å². The summed E-state index contributed by atoms with van der Waals surface area (Å²) in [6.45, 7) is 1.28. The van der Waals surface area contributed by atoms with Crippen LogP contribution in [0.1, 0.15) is 30.4 Å². The summed E-state index contributed by atoms with van der Waals surface area (Å²) in [6.07, 6.45) is 5.34. The lowest BCUT2D eigenvalue weighted by Gasteiger charge is -2.26. The summed E-state index contributed by atoms with van der Waals surface area (Å²) < 4.78 is 10.1. The standard InChI is InChI=1S/C22H30N4O4/c1-29-19-8-6-17(7-9-19)15-26(16-18-10-13-24-14-11-18)22(28)25-20(21(27)30-2)5-3-4-12-23/h6-11,13-14,20H,3-5,12,15-16,23H2,1-2H3,(H,25,28)/t20-/m0/s1. The van der Waals surface area contributed by atoms with Crippen LogP contribution in [0.15, 0.2) is 48.8 Å². The lowest BCUT2D eigenvalue weighted by atomic mass is 10.1. The largest absolute Gasteiger partial charge is 0.497 e. The van der Waals surface area contributed by atoms with E-state index in [4.69, 9.17) is 15.2 Å². The summed E-state index contributed by atoms with van der Waals surface area (Å²) in [7, 11) is 2.92. The first-order valence-corrected chi connectivity index (χ1v) is 9.92. The van der Waals surface area contributed by atoms with Crippen molar-refractivity contribution in [3.8, 4) is 5.75 Å². The van der Waals surface area contributed by atoms with Crippen molar-refractivity contribution in [2.75, 3.05) is 20.8 Å². The zero-order valence-corrected chi connectivity index (χ0v) is 17.5. The molecule has 2 rings (SSSR count). The number of methoxy groups -OCH3 is 2. The smallest absolute Gasteiger partial charge is 0.328 e. The molecule has 1 heterocycles. The highest BCUT2D eigenvalue weighted by Gasteiger charge is 2.24. The molecule has 1 aromatic carbocycles. The fourth-order valence-corrected chi connectivity index (χ4v) is 2.98. The third-order valence-electron chi connectivity index (χ3n) is 4.67. The van der Waals surface area contributed by atoms with Crippen LogP contribution in [0.4, 0.5) is 4.79 Å². The molecule has 0 aliphatic carbocycles. The number of carbonyl (C=O) groups is 2. The van der Waals surface area contributed by atoms with Crippen LogP contribution in [0, 0.1) is 0 Å². The predicted molar refractivity (Wildman–Crippen MR) is 114 cm³/mol. The van der Waals surface area contributed by atoms with Crippen LogP contribution in [-0.2, 0) is 22.6 Å². The van der Waals surface area contributed by atoms with Crippen LogP contribution in [0.2, 0.25) is 0 Å². The Kier molecular flexibility index (Phi) is 9.60. The van der Waals surface area contributed by atoms with Gasteiger partial charge in [0, 0.05) is 25.5 Å². The van der Waals surface area contributed by atoms with Gasteiger partial charge in [0.1, 0.15) is 11.8 Å². The van der Waals surface area contributed by atoms with E-state index in [1.807, 2.05) is 36.4 Å². The molecule has 0 radical (unpaired) electrons. The number of unbranched alkanes of at least 4 members (excludes halogenated alkanes) is 1. The minimum atomic E-state index is -0.718. The molecule has 0 saturated carbocycles. The Labute approximate surface area is 177 Å². The number of hydrogen-bond donors (Lipinski definition) is 2. The van der Waals surface area contributed by atoms with Gasteiger partial charge in [0.2, 0.25) is 0 Å². The molecule has 30 heavy (non-hydrogen) atoms. The maximum Gasteiger partial charge on any atom is 0.328 e. The Balaban J connectivity index is 2.15. The van der Waals surface area contributed by atoms with Crippen molar-refractivity contribution in [2.45, 2.75) is 38.4 Å². The lowest BCUT2D eigenvalue weighted by Crippen LogP contribution is -2.47. The van der Waals surface area contributed by atoms with Crippen LogP contribution in [0.25, 0.3) is 0 Å². The monoisotopic (exact) mass is 414 g/mol. The second-order valence-corrected chi connectivity index (χ2v) is 6.87. The number of pyridine rings is 1. The van der Waals surface area contributed by atoms with E-state index in [-0.39, 0.29) is 6.03 Å². The fourth-order valence-electron chi connectivity index (χ4n) is 2.98. The van der Waals surface area contributed by atoms with E-state index < -0.39 is 12.0 Å². The number of nitrogens with one attached hydrogen (secondary N) is 1. The van der Waals surface area contributed by atoms with Crippen molar-refractivity contribution in [2.24, 2.45) is 5.73 Å². The number of ether oxygens (including phenoxy) is 2. The van der Waals surface area contributed by atoms with E-state index in [0.717, 1.165) is 29.7 Å². The van der Waals surface area contributed by atoms with E-state index >= 15 is 0 Å². The number of aromatic nitrogens is 1. The molecule has 1 aromatic heterocycles. The van der Waals surface area contributed by atoms with Gasteiger partial charge < -0.3 is 25.4 Å². The molecule has 8 heteroatoms. The maximum atomic E-state index is 13.1. The second kappa shape index (κ2) is 12.4. The number of urea groups is 1. The molecule has 2 aromatic rings. The van der Waals surface area contributed by atoms with E-state index in [1.165, 1.54) is 7.11 Å². The van der Waals surface area contributed by atoms with Gasteiger partial charge in [0.15, 0.2) is 0 Å². The summed E-state index contributed by atoms with van der Waals surface area (Å²) in [6, 6.07) is 10.2. The normalized spacial score (nSPS) is 11.4.